The van der Waals surface area contributed by atoms with E-state index in [0.29, 0.717) is 16.8 Å². The van der Waals surface area contributed by atoms with Gasteiger partial charge < -0.3 is 15.2 Å². The molecule has 0 aromatic heterocycles. The van der Waals surface area contributed by atoms with Gasteiger partial charge in [0.1, 0.15) is 5.82 Å². The summed E-state index contributed by atoms with van der Waals surface area (Å²) >= 11 is 3.20. The maximum absolute atomic E-state index is 13.5. The zero-order chi connectivity index (χ0) is 14.8. The molecular formula is C15H23BrFNO2. The van der Waals surface area contributed by atoms with Crippen molar-refractivity contribution in [3.8, 4) is 0 Å². The lowest BCUT2D eigenvalue weighted by Gasteiger charge is -2.13. The Labute approximate surface area is 128 Å². The molecule has 3 nitrogen and oxygen atoms in total. The third kappa shape index (κ3) is 7.22. The number of halogens is 2. The molecule has 0 bridgehead atoms. The van der Waals surface area contributed by atoms with Crippen LogP contribution in [-0.2, 0) is 4.74 Å². The molecular weight excluding hydrogens is 325 g/mol. The first-order valence-corrected chi connectivity index (χ1v) is 7.87. The molecule has 0 aliphatic rings. The van der Waals surface area contributed by atoms with E-state index in [-0.39, 0.29) is 19.0 Å². The fourth-order valence-corrected chi connectivity index (χ4v) is 2.10. The van der Waals surface area contributed by atoms with E-state index in [2.05, 4.69) is 28.2 Å². The molecule has 1 aromatic carbocycles. The first-order valence-electron chi connectivity index (χ1n) is 7.08. The fourth-order valence-electron chi connectivity index (χ4n) is 1.77. The zero-order valence-electron chi connectivity index (χ0n) is 11.9. The second kappa shape index (κ2) is 10.1. The van der Waals surface area contributed by atoms with E-state index < -0.39 is 6.10 Å². The van der Waals surface area contributed by atoms with Crippen LogP contribution in [0.4, 0.5) is 10.1 Å². The molecule has 1 atom stereocenters. The van der Waals surface area contributed by atoms with Crippen molar-refractivity contribution in [2.75, 3.05) is 25.1 Å². The first kappa shape index (κ1) is 17.4. The molecule has 1 unspecified atom stereocenters. The number of unbranched alkanes of at least 4 members (excludes halogenated alkanes) is 3. The summed E-state index contributed by atoms with van der Waals surface area (Å²) < 4.78 is 19.6. The minimum Gasteiger partial charge on any atom is -0.389 e. The molecule has 0 saturated heterocycles. The summed E-state index contributed by atoms with van der Waals surface area (Å²) in [5, 5.41) is 12.6. The molecule has 0 amide bonds. The Morgan fingerprint density at radius 2 is 2.15 bits per heavy atom. The van der Waals surface area contributed by atoms with Gasteiger partial charge in [-0.25, -0.2) is 4.39 Å². The van der Waals surface area contributed by atoms with Crippen molar-refractivity contribution < 1.29 is 14.2 Å². The van der Waals surface area contributed by atoms with Gasteiger partial charge >= 0.3 is 0 Å². The molecule has 1 aromatic rings. The Kier molecular flexibility index (Phi) is 8.82. The zero-order valence-corrected chi connectivity index (χ0v) is 13.5. The van der Waals surface area contributed by atoms with Crippen molar-refractivity contribution in [1.29, 1.82) is 0 Å². The smallest absolute Gasteiger partial charge is 0.147 e. The largest absolute Gasteiger partial charge is 0.389 e. The molecule has 0 aliphatic carbocycles. The minimum absolute atomic E-state index is 0.271. The predicted octanol–water partition coefficient (Wildman–Crippen LogP) is 3.96. The van der Waals surface area contributed by atoms with Gasteiger partial charge in [0.05, 0.1) is 18.4 Å². The fraction of sp³-hybridized carbons (Fsp3) is 0.600. The Hall–Kier alpha value is -0.650. The van der Waals surface area contributed by atoms with E-state index in [0.717, 1.165) is 12.8 Å². The number of aliphatic hydroxyl groups is 1. The highest BCUT2D eigenvalue weighted by Crippen LogP contribution is 2.19. The van der Waals surface area contributed by atoms with Crippen LogP contribution in [0.2, 0.25) is 0 Å². The number of anilines is 1. The van der Waals surface area contributed by atoms with Crippen molar-refractivity contribution in [3.63, 3.8) is 0 Å². The highest BCUT2D eigenvalue weighted by atomic mass is 79.9. The third-order valence-electron chi connectivity index (χ3n) is 2.91. The average Bonchev–Trinajstić information content (AvgIpc) is 2.41. The molecule has 0 spiro atoms. The summed E-state index contributed by atoms with van der Waals surface area (Å²) in [6, 6.07) is 4.78. The Bertz CT molecular complexity index is 390. The molecule has 0 aliphatic heterocycles. The van der Waals surface area contributed by atoms with Crippen molar-refractivity contribution in [3.05, 3.63) is 28.5 Å². The number of nitrogens with one attached hydrogen (secondary N) is 1. The van der Waals surface area contributed by atoms with Crippen LogP contribution in [0.1, 0.15) is 32.6 Å². The standard InChI is InChI=1S/C15H23BrFNO2/c1-2-3-4-5-8-20-11-13(19)10-18-15-7-6-12(16)9-14(15)17/h6-7,9,13,18-19H,2-5,8,10-11H2,1H3. The molecule has 0 radical (unpaired) electrons. The highest BCUT2D eigenvalue weighted by molar-refractivity contribution is 9.10. The molecule has 0 saturated carbocycles. The van der Waals surface area contributed by atoms with Gasteiger partial charge in [-0.2, -0.15) is 0 Å². The van der Waals surface area contributed by atoms with Crippen molar-refractivity contribution in [2.45, 2.75) is 38.7 Å². The summed E-state index contributed by atoms with van der Waals surface area (Å²) in [6.45, 7) is 3.38. The van der Waals surface area contributed by atoms with Gasteiger partial charge in [-0.3, -0.25) is 0 Å². The monoisotopic (exact) mass is 347 g/mol. The number of benzene rings is 1. The number of hydrogen-bond donors (Lipinski definition) is 2. The number of aliphatic hydroxyl groups excluding tert-OH is 1. The normalized spacial score (nSPS) is 12.4. The van der Waals surface area contributed by atoms with Gasteiger partial charge in [0.25, 0.3) is 0 Å². The molecule has 5 heteroatoms. The Morgan fingerprint density at radius 1 is 1.35 bits per heavy atom. The Balaban J connectivity index is 2.14. The van der Waals surface area contributed by atoms with Gasteiger partial charge in [-0.15, -0.1) is 0 Å². The van der Waals surface area contributed by atoms with Crippen LogP contribution in [0, 0.1) is 5.82 Å². The van der Waals surface area contributed by atoms with Crippen molar-refractivity contribution in [2.24, 2.45) is 0 Å². The van der Waals surface area contributed by atoms with Crippen LogP contribution in [0.5, 0.6) is 0 Å². The van der Waals surface area contributed by atoms with E-state index in [1.54, 1.807) is 12.1 Å². The quantitative estimate of drug-likeness (QED) is 0.629. The summed E-state index contributed by atoms with van der Waals surface area (Å²) in [5.74, 6) is -0.341. The molecule has 114 valence electrons. The van der Waals surface area contributed by atoms with Crippen LogP contribution in [0.25, 0.3) is 0 Å². The molecule has 0 fully saturated rings. The van der Waals surface area contributed by atoms with E-state index in [1.807, 2.05) is 0 Å². The number of hydrogen-bond acceptors (Lipinski definition) is 3. The minimum atomic E-state index is -0.635. The highest BCUT2D eigenvalue weighted by Gasteiger charge is 2.07. The lowest BCUT2D eigenvalue weighted by molar-refractivity contribution is 0.0416. The SMILES string of the molecule is CCCCCCOCC(O)CNc1ccc(Br)cc1F. The molecule has 2 N–H and O–H groups in total. The van der Waals surface area contributed by atoms with Crippen LogP contribution in [0.3, 0.4) is 0 Å². The summed E-state index contributed by atoms with van der Waals surface area (Å²) in [5.41, 5.74) is 0.384. The average molecular weight is 348 g/mol. The topological polar surface area (TPSA) is 41.5 Å². The van der Waals surface area contributed by atoms with Gasteiger partial charge in [-0.1, -0.05) is 42.1 Å². The lowest BCUT2D eigenvalue weighted by atomic mass is 10.2. The van der Waals surface area contributed by atoms with Crippen LogP contribution in [0.15, 0.2) is 22.7 Å². The maximum atomic E-state index is 13.5. The summed E-state index contributed by atoms with van der Waals surface area (Å²) in [4.78, 5) is 0. The number of ether oxygens (including phenoxy) is 1. The van der Waals surface area contributed by atoms with Gasteiger partial charge in [0.15, 0.2) is 0 Å². The second-order valence-corrected chi connectivity index (χ2v) is 5.71. The van der Waals surface area contributed by atoms with Crippen molar-refractivity contribution >= 4 is 21.6 Å². The van der Waals surface area contributed by atoms with E-state index >= 15 is 0 Å². The van der Waals surface area contributed by atoms with Crippen LogP contribution in [-0.4, -0.2) is 31.0 Å². The summed E-state index contributed by atoms with van der Waals surface area (Å²) in [7, 11) is 0. The van der Waals surface area contributed by atoms with E-state index in [1.165, 1.54) is 18.9 Å². The molecule has 1 rings (SSSR count). The van der Waals surface area contributed by atoms with Gasteiger partial charge in [0, 0.05) is 17.6 Å². The van der Waals surface area contributed by atoms with E-state index in [4.69, 9.17) is 4.74 Å². The van der Waals surface area contributed by atoms with Crippen LogP contribution >= 0.6 is 15.9 Å². The van der Waals surface area contributed by atoms with Gasteiger partial charge in [0.2, 0.25) is 0 Å². The van der Waals surface area contributed by atoms with E-state index in [9.17, 15) is 9.50 Å². The van der Waals surface area contributed by atoms with Gasteiger partial charge in [-0.05, 0) is 24.6 Å². The summed E-state index contributed by atoms with van der Waals surface area (Å²) in [6.07, 6.45) is 3.97. The molecule has 20 heavy (non-hydrogen) atoms. The maximum Gasteiger partial charge on any atom is 0.147 e. The van der Waals surface area contributed by atoms with Crippen LogP contribution < -0.4 is 5.32 Å². The first-order chi connectivity index (χ1) is 9.63. The van der Waals surface area contributed by atoms with Crippen molar-refractivity contribution in [1.82, 2.24) is 0 Å². The molecule has 0 heterocycles. The number of rotatable bonds is 10. The third-order valence-corrected chi connectivity index (χ3v) is 3.40. The second-order valence-electron chi connectivity index (χ2n) is 4.79. The lowest BCUT2D eigenvalue weighted by Crippen LogP contribution is -2.25. The predicted molar refractivity (Wildman–Crippen MR) is 83.6 cm³/mol. The Morgan fingerprint density at radius 3 is 2.85 bits per heavy atom.